The number of nitrogens with zero attached hydrogens (tertiary/aromatic N) is 4. The van der Waals surface area contributed by atoms with Crippen LogP contribution in [0.1, 0.15) is 24.0 Å². The van der Waals surface area contributed by atoms with E-state index >= 15 is 0 Å². The molecule has 1 amide bonds. The second-order valence-corrected chi connectivity index (χ2v) is 14.1. The van der Waals surface area contributed by atoms with Crippen molar-refractivity contribution < 1.29 is 26.9 Å². The minimum atomic E-state index is -3.85. The van der Waals surface area contributed by atoms with Crippen molar-refractivity contribution in [1.82, 2.24) is 19.0 Å². The molecule has 1 aromatic rings. The number of amides is 1. The number of piperazine rings is 1. The molecule has 0 saturated carbocycles. The van der Waals surface area contributed by atoms with Crippen LogP contribution in [-0.4, -0.2) is 134 Å². The second kappa shape index (κ2) is 12.7. The maximum Gasteiger partial charge on any atom is 0.248 e. The summed E-state index contributed by atoms with van der Waals surface area (Å²) < 4.78 is 52.3. The Bertz CT molecular complexity index is 1090. The minimum Gasteiger partial charge on any atom is -0.497 e. The maximum absolute atomic E-state index is 13.7. The molecule has 0 spiro atoms. The van der Waals surface area contributed by atoms with Crippen LogP contribution in [0.5, 0.6) is 5.75 Å². The number of benzene rings is 1. The molecule has 3 fully saturated rings. The first-order valence-electron chi connectivity index (χ1n) is 13.4. The summed E-state index contributed by atoms with van der Waals surface area (Å²) in [5.74, 6) is 0.993. The van der Waals surface area contributed by atoms with Gasteiger partial charge in [-0.1, -0.05) is 0 Å². The summed E-state index contributed by atoms with van der Waals surface area (Å²) in [5.41, 5.74) is 1.20. The Labute approximate surface area is 229 Å². The molecule has 10 nitrogen and oxygen atoms in total. The van der Waals surface area contributed by atoms with Gasteiger partial charge in [0.1, 0.15) is 12.4 Å². The number of likely N-dealkylation sites (tertiary alicyclic amines) is 1. The lowest BCUT2D eigenvalue weighted by atomic mass is 10.0. The van der Waals surface area contributed by atoms with Crippen molar-refractivity contribution in [2.75, 3.05) is 84.7 Å². The van der Waals surface area contributed by atoms with Crippen molar-refractivity contribution in [3.8, 4) is 5.75 Å². The van der Waals surface area contributed by atoms with Crippen LogP contribution in [0.25, 0.3) is 0 Å². The average Bonchev–Trinajstić information content (AvgIpc) is 2.88. The number of carbonyl (C=O) groups is 1. The van der Waals surface area contributed by atoms with Crippen molar-refractivity contribution in [1.29, 1.82) is 0 Å². The summed E-state index contributed by atoms with van der Waals surface area (Å²) in [5, 5.41) is 0. The van der Waals surface area contributed by atoms with Gasteiger partial charge in [0.05, 0.1) is 24.7 Å². The normalized spacial score (nSPS) is 25.0. The van der Waals surface area contributed by atoms with Gasteiger partial charge in [0, 0.05) is 61.1 Å². The van der Waals surface area contributed by atoms with E-state index in [4.69, 9.17) is 9.47 Å². The van der Waals surface area contributed by atoms with Gasteiger partial charge in [0.2, 0.25) is 15.9 Å². The third-order valence-electron chi connectivity index (χ3n) is 7.97. The molecule has 3 aliphatic heterocycles. The molecule has 0 aromatic heterocycles. The molecule has 38 heavy (non-hydrogen) atoms. The van der Waals surface area contributed by atoms with Crippen LogP contribution in [0.15, 0.2) is 17.0 Å². The van der Waals surface area contributed by atoms with E-state index in [0.29, 0.717) is 36.0 Å². The van der Waals surface area contributed by atoms with Crippen molar-refractivity contribution in [2.45, 2.75) is 43.7 Å². The predicted molar refractivity (Wildman–Crippen MR) is 148 cm³/mol. The highest BCUT2D eigenvalue weighted by Crippen LogP contribution is 2.30. The molecule has 4 rings (SSSR count). The first-order valence-corrected chi connectivity index (χ1v) is 16.3. The molecule has 0 bridgehead atoms. The Balaban J connectivity index is 1.33. The van der Waals surface area contributed by atoms with Gasteiger partial charge in [0.25, 0.3) is 0 Å². The van der Waals surface area contributed by atoms with E-state index in [1.54, 1.807) is 33.1 Å². The molecule has 3 saturated heterocycles. The van der Waals surface area contributed by atoms with Gasteiger partial charge in [-0.25, -0.2) is 8.42 Å². The van der Waals surface area contributed by atoms with Crippen LogP contribution in [0, 0.1) is 13.8 Å². The molecule has 0 N–H and O–H groups in total. The molecule has 1 aromatic carbocycles. The molecule has 3 heterocycles. The molecular formula is C26H42N4O6S2. The summed E-state index contributed by atoms with van der Waals surface area (Å²) in [6.45, 7) is 8.91. The van der Waals surface area contributed by atoms with Crippen molar-refractivity contribution in [3.05, 3.63) is 23.3 Å². The highest BCUT2D eigenvalue weighted by molar-refractivity contribution is 7.89. The van der Waals surface area contributed by atoms with Crippen molar-refractivity contribution in [3.63, 3.8) is 0 Å². The Morgan fingerprint density at radius 1 is 1.03 bits per heavy atom. The summed E-state index contributed by atoms with van der Waals surface area (Å²) in [6, 6.07) is 3.42. The molecule has 2 unspecified atom stereocenters. The third kappa shape index (κ3) is 6.76. The lowest BCUT2D eigenvalue weighted by molar-refractivity contribution is -0.138. The third-order valence-corrected chi connectivity index (χ3v) is 11.6. The van der Waals surface area contributed by atoms with E-state index in [1.807, 2.05) is 4.90 Å². The zero-order chi connectivity index (χ0) is 27.4. The number of piperidine rings is 1. The fraction of sp³-hybridized carbons (Fsp3) is 0.731. The first kappa shape index (κ1) is 29.4. The van der Waals surface area contributed by atoms with E-state index in [0.717, 1.165) is 26.2 Å². The predicted octanol–water partition coefficient (Wildman–Crippen LogP) is 0.689. The van der Waals surface area contributed by atoms with Crippen molar-refractivity contribution >= 4 is 26.7 Å². The first-order chi connectivity index (χ1) is 18.1. The van der Waals surface area contributed by atoms with Gasteiger partial charge in [-0.3, -0.25) is 13.9 Å². The number of rotatable bonds is 8. The smallest absolute Gasteiger partial charge is 0.248 e. The van der Waals surface area contributed by atoms with Crippen LogP contribution in [0.4, 0.5) is 0 Å². The maximum atomic E-state index is 13.7. The van der Waals surface area contributed by atoms with E-state index in [2.05, 4.69) is 16.8 Å². The standard InChI is InChI=1S/C26H42N4O6S2/c1-20-15-24(35-4)16-21(2)26(20)38(33,34)30-13-14-37(32)19-23(30)17-36-18-25(31)29-11-9-28(10-12-29)22-5-7-27(3)8-6-22/h15-16,22-23H,5-14,17-19H2,1-4H3. The molecule has 2 atom stereocenters. The number of hydrogen-bond acceptors (Lipinski definition) is 8. The summed E-state index contributed by atoms with van der Waals surface area (Å²) in [6.07, 6.45) is 2.34. The number of aryl methyl sites for hydroxylation is 2. The lowest BCUT2D eigenvalue weighted by Gasteiger charge is -2.42. The molecule has 0 radical (unpaired) electrons. The van der Waals surface area contributed by atoms with Crippen LogP contribution >= 0.6 is 0 Å². The quantitative estimate of drug-likeness (QED) is 0.450. The highest BCUT2D eigenvalue weighted by Gasteiger charge is 2.38. The molecular weight excluding hydrogens is 528 g/mol. The number of methoxy groups -OCH3 is 1. The van der Waals surface area contributed by atoms with Crippen LogP contribution in [0.2, 0.25) is 0 Å². The average molecular weight is 571 g/mol. The number of carbonyl (C=O) groups excluding carboxylic acids is 1. The van der Waals surface area contributed by atoms with E-state index in [9.17, 15) is 17.4 Å². The van der Waals surface area contributed by atoms with E-state index < -0.39 is 26.9 Å². The number of sulfonamides is 1. The monoisotopic (exact) mass is 570 g/mol. The molecule has 3 aliphatic rings. The number of hydrogen-bond donors (Lipinski definition) is 0. The minimum absolute atomic E-state index is 0.0283. The number of ether oxygens (including phenoxy) is 2. The second-order valence-electron chi connectivity index (χ2n) is 10.6. The molecule has 214 valence electrons. The largest absolute Gasteiger partial charge is 0.497 e. The Morgan fingerprint density at radius 3 is 2.26 bits per heavy atom. The van der Waals surface area contributed by atoms with Crippen LogP contribution in [0.3, 0.4) is 0 Å². The van der Waals surface area contributed by atoms with Gasteiger partial charge in [0.15, 0.2) is 0 Å². The summed E-state index contributed by atoms with van der Waals surface area (Å²) >= 11 is 0. The van der Waals surface area contributed by atoms with E-state index in [1.165, 1.54) is 17.1 Å². The van der Waals surface area contributed by atoms with Gasteiger partial charge < -0.3 is 19.3 Å². The fourth-order valence-electron chi connectivity index (χ4n) is 5.83. The molecule has 0 aliphatic carbocycles. The van der Waals surface area contributed by atoms with Crippen LogP contribution < -0.4 is 4.74 Å². The molecule has 12 heteroatoms. The van der Waals surface area contributed by atoms with E-state index in [-0.39, 0.29) is 42.1 Å². The fourth-order valence-corrected chi connectivity index (χ4v) is 9.33. The Hall–Kier alpha value is -1.57. The van der Waals surface area contributed by atoms with Gasteiger partial charge >= 0.3 is 0 Å². The van der Waals surface area contributed by atoms with Crippen molar-refractivity contribution in [2.24, 2.45) is 0 Å². The summed E-state index contributed by atoms with van der Waals surface area (Å²) in [4.78, 5) is 19.8. The van der Waals surface area contributed by atoms with Crippen LogP contribution in [-0.2, 0) is 30.4 Å². The zero-order valence-corrected chi connectivity index (χ0v) is 24.7. The topological polar surface area (TPSA) is 99.7 Å². The van der Waals surface area contributed by atoms with Gasteiger partial charge in [-0.15, -0.1) is 0 Å². The highest BCUT2D eigenvalue weighted by atomic mass is 32.2. The summed E-state index contributed by atoms with van der Waals surface area (Å²) in [7, 11) is -1.28. The zero-order valence-electron chi connectivity index (χ0n) is 23.1. The van der Waals surface area contributed by atoms with Gasteiger partial charge in [-0.2, -0.15) is 4.31 Å². The lowest BCUT2D eigenvalue weighted by Crippen LogP contribution is -2.55. The SMILES string of the molecule is COc1cc(C)c(S(=O)(=O)N2CCS(=O)CC2COCC(=O)N2CCN(C3CCN(C)CC3)CC2)c(C)c1. The van der Waals surface area contributed by atoms with Gasteiger partial charge in [-0.05, 0) is 70.1 Å². The Kier molecular flexibility index (Phi) is 9.86. The Morgan fingerprint density at radius 2 is 1.66 bits per heavy atom.